The van der Waals surface area contributed by atoms with Crippen LogP contribution in [0.3, 0.4) is 0 Å². The minimum absolute atomic E-state index is 0.786. The van der Waals surface area contributed by atoms with Crippen molar-refractivity contribution in [2.75, 3.05) is 15.1 Å². The number of hydrogen-bond donors (Lipinski definition) is 1. The third kappa shape index (κ3) is 2.24. The third-order valence-corrected chi connectivity index (χ3v) is 9.04. The van der Waals surface area contributed by atoms with Gasteiger partial charge in [-0.05, 0) is 87.8 Å². The molecule has 1 N–H and O–H groups in total. The highest BCUT2D eigenvalue weighted by Crippen LogP contribution is 2.50. The second-order valence-electron chi connectivity index (χ2n) is 9.33. The molecule has 7 rings (SSSR count). The van der Waals surface area contributed by atoms with Crippen LogP contribution in [-0.4, -0.2) is 24.2 Å². The van der Waals surface area contributed by atoms with Gasteiger partial charge in [-0.3, -0.25) is 0 Å². The Kier molecular flexibility index (Phi) is 3.35. The number of hydrogen-bond acceptors (Lipinski definition) is 4. The van der Waals surface area contributed by atoms with E-state index in [1.54, 1.807) is 0 Å². The van der Waals surface area contributed by atoms with Gasteiger partial charge in [-0.2, -0.15) is 0 Å². The topological polar surface area (TPSA) is 18.5 Å². The van der Waals surface area contributed by atoms with E-state index in [2.05, 4.69) is 51.5 Å². The van der Waals surface area contributed by atoms with E-state index < -0.39 is 0 Å². The van der Waals surface area contributed by atoms with Gasteiger partial charge in [0.25, 0.3) is 0 Å². The number of nitrogens with zero attached hydrogens (tertiary/aromatic N) is 2. The van der Waals surface area contributed by atoms with Crippen LogP contribution in [0, 0.1) is 0 Å². The summed E-state index contributed by atoms with van der Waals surface area (Å²) < 4.78 is 0. The zero-order valence-electron chi connectivity index (χ0n) is 16.2. The summed E-state index contributed by atoms with van der Waals surface area (Å²) in [6, 6.07) is 17.3. The fraction of sp³-hybridized carbons (Fsp3) is 0.500. The normalized spacial score (nSPS) is 31.9. The molecule has 3 nitrogen and oxygen atoms in total. The Hall–Kier alpha value is -1.81. The van der Waals surface area contributed by atoms with Gasteiger partial charge >= 0.3 is 0 Å². The van der Waals surface area contributed by atoms with Crippen molar-refractivity contribution in [2.24, 2.45) is 0 Å². The second-order valence-corrected chi connectivity index (χ2v) is 10.4. The first kappa shape index (κ1) is 16.0. The lowest BCUT2D eigenvalue weighted by molar-refractivity contribution is 0.576. The van der Waals surface area contributed by atoms with Gasteiger partial charge in [0.1, 0.15) is 0 Å². The van der Waals surface area contributed by atoms with Crippen molar-refractivity contribution in [2.45, 2.75) is 85.3 Å². The molecule has 0 atom stereocenters. The summed E-state index contributed by atoms with van der Waals surface area (Å²) >= 11 is 1.96. The average molecular weight is 390 g/mol. The summed E-state index contributed by atoms with van der Waals surface area (Å²) in [6.07, 6.45) is 11.1. The molecule has 0 saturated carbocycles. The molecule has 0 radical (unpaired) electrons. The Balaban J connectivity index is 1.21. The Morgan fingerprint density at radius 2 is 1.00 bits per heavy atom. The van der Waals surface area contributed by atoms with Gasteiger partial charge in [-0.25, -0.2) is 0 Å². The molecule has 0 aliphatic carbocycles. The highest BCUT2D eigenvalue weighted by Gasteiger charge is 2.40. The van der Waals surface area contributed by atoms with Crippen LogP contribution < -0.4 is 15.1 Å². The highest BCUT2D eigenvalue weighted by molar-refractivity contribution is 7.99. The van der Waals surface area contributed by atoms with Crippen LogP contribution in [0.4, 0.5) is 22.7 Å². The number of benzene rings is 2. The molecule has 2 aromatic carbocycles. The number of rotatable bonds is 2. The summed E-state index contributed by atoms with van der Waals surface area (Å²) in [5, 5.41) is 3.69. The summed E-state index contributed by atoms with van der Waals surface area (Å²) in [4.78, 5) is 8.21. The van der Waals surface area contributed by atoms with E-state index >= 15 is 0 Å². The summed E-state index contributed by atoms with van der Waals surface area (Å²) in [5.74, 6) is 0. The highest BCUT2D eigenvalue weighted by atomic mass is 32.2. The van der Waals surface area contributed by atoms with Crippen LogP contribution in [-0.2, 0) is 0 Å². The summed E-state index contributed by atoms with van der Waals surface area (Å²) in [7, 11) is 0. The van der Waals surface area contributed by atoms with Crippen molar-refractivity contribution >= 4 is 34.5 Å². The molecule has 4 bridgehead atoms. The molecule has 4 heteroatoms. The monoisotopic (exact) mass is 389 g/mol. The maximum atomic E-state index is 3.69. The predicted octanol–water partition coefficient (Wildman–Crippen LogP) is 6.16. The van der Waals surface area contributed by atoms with Crippen LogP contribution in [0.2, 0.25) is 0 Å². The summed E-state index contributed by atoms with van der Waals surface area (Å²) in [5.41, 5.74) is 5.41. The molecule has 4 fully saturated rings. The van der Waals surface area contributed by atoms with Crippen LogP contribution in [0.15, 0.2) is 46.2 Å². The van der Waals surface area contributed by atoms with E-state index in [-0.39, 0.29) is 0 Å². The molecule has 4 saturated heterocycles. The van der Waals surface area contributed by atoms with Crippen molar-refractivity contribution in [1.82, 2.24) is 0 Å². The van der Waals surface area contributed by atoms with Gasteiger partial charge in [-0.1, -0.05) is 11.8 Å². The lowest BCUT2D eigenvalue weighted by Crippen LogP contribution is -2.28. The van der Waals surface area contributed by atoms with E-state index in [1.165, 1.54) is 83.9 Å². The smallest absolute Gasteiger partial charge is 0.0527 e. The average Bonchev–Trinajstić information content (AvgIpc) is 3.52. The first-order valence-corrected chi connectivity index (χ1v) is 11.9. The van der Waals surface area contributed by atoms with Gasteiger partial charge in [0.15, 0.2) is 0 Å². The van der Waals surface area contributed by atoms with Crippen molar-refractivity contribution in [3.8, 4) is 0 Å². The van der Waals surface area contributed by atoms with Gasteiger partial charge in [0, 0.05) is 45.3 Å². The minimum Gasteiger partial charge on any atom is -0.366 e. The maximum Gasteiger partial charge on any atom is 0.0527 e. The molecule has 5 aliphatic rings. The van der Waals surface area contributed by atoms with Gasteiger partial charge in [0.05, 0.1) is 11.4 Å². The van der Waals surface area contributed by atoms with E-state index in [9.17, 15) is 0 Å². The largest absolute Gasteiger partial charge is 0.366 e. The standard InChI is InChI=1S/C24H27N3S/c1-2-16-4-3-15(1)26(16)19-9-11-21-23(13-19)28-24-14-20(10-12-22(24)25-21)27-17-5-6-18(27)8-7-17/h9-18,25H,1-8H2. The zero-order chi connectivity index (χ0) is 18.2. The molecule has 5 aliphatic heterocycles. The minimum atomic E-state index is 0.786. The Morgan fingerprint density at radius 3 is 1.39 bits per heavy atom. The lowest BCUT2D eigenvalue weighted by atomic mass is 10.0. The molecule has 0 amide bonds. The molecular weight excluding hydrogens is 362 g/mol. The van der Waals surface area contributed by atoms with E-state index in [4.69, 9.17) is 0 Å². The van der Waals surface area contributed by atoms with Gasteiger partial charge < -0.3 is 15.1 Å². The second kappa shape index (κ2) is 5.85. The first-order chi connectivity index (χ1) is 13.8. The summed E-state index contributed by atoms with van der Waals surface area (Å²) in [6.45, 7) is 0. The van der Waals surface area contributed by atoms with Crippen molar-refractivity contribution < 1.29 is 0 Å². The zero-order valence-corrected chi connectivity index (χ0v) is 17.0. The number of fused-ring (bicyclic) bond motifs is 6. The predicted molar refractivity (Wildman–Crippen MR) is 117 cm³/mol. The van der Waals surface area contributed by atoms with E-state index in [0.29, 0.717) is 0 Å². The molecule has 28 heavy (non-hydrogen) atoms. The van der Waals surface area contributed by atoms with Crippen LogP contribution in [0.5, 0.6) is 0 Å². The fourth-order valence-electron chi connectivity index (χ4n) is 6.65. The van der Waals surface area contributed by atoms with E-state index in [0.717, 1.165) is 24.2 Å². The molecule has 5 heterocycles. The third-order valence-electron chi connectivity index (χ3n) is 7.92. The van der Waals surface area contributed by atoms with Crippen molar-refractivity contribution in [3.05, 3.63) is 36.4 Å². The molecule has 144 valence electrons. The lowest BCUT2D eigenvalue weighted by Gasteiger charge is -2.29. The number of nitrogens with one attached hydrogen (secondary N) is 1. The van der Waals surface area contributed by atoms with Crippen LogP contribution in [0.25, 0.3) is 0 Å². The molecule has 2 aromatic rings. The Morgan fingerprint density at radius 1 is 0.607 bits per heavy atom. The Bertz CT molecular complexity index is 841. The van der Waals surface area contributed by atoms with Crippen LogP contribution in [0.1, 0.15) is 51.4 Å². The molecule has 0 unspecified atom stereocenters. The van der Waals surface area contributed by atoms with Crippen LogP contribution >= 0.6 is 11.8 Å². The Labute approximate surface area is 171 Å². The first-order valence-electron chi connectivity index (χ1n) is 11.1. The molecule has 0 aromatic heterocycles. The maximum absolute atomic E-state index is 3.69. The van der Waals surface area contributed by atoms with E-state index in [1.807, 2.05) is 11.8 Å². The SMILES string of the molecule is c1cc2c(cc1N1C3CCC1CC3)Sc1cc(N3C4CCC3CC4)ccc1N2. The fourth-order valence-corrected chi connectivity index (χ4v) is 7.71. The molecular formula is C24H27N3S. The van der Waals surface area contributed by atoms with Gasteiger partial charge in [0.2, 0.25) is 0 Å². The molecule has 0 spiro atoms. The van der Waals surface area contributed by atoms with Crippen molar-refractivity contribution in [1.29, 1.82) is 0 Å². The van der Waals surface area contributed by atoms with Gasteiger partial charge in [-0.15, -0.1) is 0 Å². The van der Waals surface area contributed by atoms with Crippen molar-refractivity contribution in [3.63, 3.8) is 0 Å². The quantitative estimate of drug-likeness (QED) is 0.566. The number of anilines is 4.